The molecule has 1 aliphatic heterocycles. The van der Waals surface area contributed by atoms with Crippen LogP contribution in [0.2, 0.25) is 5.02 Å². The summed E-state index contributed by atoms with van der Waals surface area (Å²) in [5.74, 6) is -5.07. The van der Waals surface area contributed by atoms with Crippen molar-refractivity contribution in [3.8, 4) is 0 Å². The van der Waals surface area contributed by atoms with E-state index in [1.54, 1.807) is 41.5 Å². The number of pyridine rings is 1. The number of alkyl halides is 2. The molecule has 3 heterocycles. The molecule has 0 bridgehead atoms. The maximum atomic E-state index is 15.1. The fourth-order valence-corrected chi connectivity index (χ4v) is 4.89. The molecule has 3 aromatic rings. The van der Waals surface area contributed by atoms with Crippen LogP contribution in [-0.2, 0) is 9.47 Å². The van der Waals surface area contributed by atoms with Gasteiger partial charge in [-0.05, 0) is 53.7 Å². The summed E-state index contributed by atoms with van der Waals surface area (Å²) in [5, 5.41) is 3.15. The van der Waals surface area contributed by atoms with Crippen LogP contribution >= 0.6 is 11.6 Å². The second-order valence-corrected chi connectivity index (χ2v) is 12.3. The summed E-state index contributed by atoms with van der Waals surface area (Å²) in [5.41, 5.74) is -0.501. The van der Waals surface area contributed by atoms with E-state index >= 15 is 8.78 Å². The van der Waals surface area contributed by atoms with Gasteiger partial charge in [-0.15, -0.1) is 0 Å². The monoisotopic (exact) mass is 583 g/mol. The molecule has 2 N–H and O–H groups in total. The lowest BCUT2D eigenvalue weighted by molar-refractivity contribution is -0.0208. The smallest absolute Gasteiger partial charge is 0.414 e. The van der Waals surface area contributed by atoms with Gasteiger partial charge in [-0.1, -0.05) is 11.6 Å². The third-order valence-electron chi connectivity index (χ3n) is 6.28. The van der Waals surface area contributed by atoms with Gasteiger partial charge in [0.15, 0.2) is 0 Å². The van der Waals surface area contributed by atoms with Crippen LogP contribution in [0.1, 0.15) is 41.5 Å². The number of aromatic amines is 1. The third kappa shape index (κ3) is 6.16. The molecule has 2 aromatic heterocycles. The van der Waals surface area contributed by atoms with E-state index in [2.05, 4.69) is 15.3 Å². The van der Waals surface area contributed by atoms with E-state index in [0.717, 1.165) is 4.90 Å². The average Bonchev–Trinajstić information content (AvgIpc) is 3.30. The number of anilines is 2. The van der Waals surface area contributed by atoms with Crippen molar-refractivity contribution in [2.75, 3.05) is 36.5 Å². The van der Waals surface area contributed by atoms with Crippen LogP contribution in [-0.4, -0.2) is 66.0 Å². The van der Waals surface area contributed by atoms with Gasteiger partial charge in [-0.2, -0.15) is 0 Å². The van der Waals surface area contributed by atoms with E-state index in [0.29, 0.717) is 16.3 Å². The lowest BCUT2D eigenvalue weighted by atomic mass is 10.1. The first kappa shape index (κ1) is 29.6. The first-order valence-corrected chi connectivity index (χ1v) is 13.1. The van der Waals surface area contributed by atoms with Crippen LogP contribution in [0.25, 0.3) is 21.9 Å². The molecule has 0 spiro atoms. The minimum Gasteiger partial charge on any atom is -0.444 e. The van der Waals surface area contributed by atoms with Gasteiger partial charge < -0.3 is 24.7 Å². The summed E-state index contributed by atoms with van der Waals surface area (Å²) in [4.78, 5) is 34.8. The molecule has 2 amide bonds. The number of fused-ring (bicyclic) bond motifs is 3. The van der Waals surface area contributed by atoms with E-state index in [1.807, 2.05) is 0 Å². The average molecular weight is 584 g/mol. The lowest BCUT2D eigenvalue weighted by Gasteiger charge is -2.25. The molecule has 1 aromatic carbocycles. The van der Waals surface area contributed by atoms with Crippen LogP contribution in [0.15, 0.2) is 18.3 Å². The highest BCUT2D eigenvalue weighted by Crippen LogP contribution is 2.44. The van der Waals surface area contributed by atoms with Crippen molar-refractivity contribution in [1.29, 1.82) is 0 Å². The first-order chi connectivity index (χ1) is 18.4. The molecular weight excluding hydrogens is 551 g/mol. The van der Waals surface area contributed by atoms with Gasteiger partial charge in [0.25, 0.3) is 5.92 Å². The van der Waals surface area contributed by atoms with Crippen molar-refractivity contribution in [3.63, 3.8) is 0 Å². The summed E-state index contributed by atoms with van der Waals surface area (Å²) >= 11 is 6.52. The Morgan fingerprint density at radius 1 is 1.20 bits per heavy atom. The molecule has 1 fully saturated rings. The Morgan fingerprint density at radius 2 is 1.85 bits per heavy atom. The Labute approximate surface area is 234 Å². The standard InChI is InChI=1S/C27H33ClF3N5O4/c1-25(2,3)39-23(37)33-10-14-12-36(13-27(14,30)31)21-17(28)11-32-22-19(21)16-8-15(29)9-18(20(16)34-22)35(7)24(38)40-26(4,5)6/h8-9,11,14H,10,12-13H2,1-7H3,(H,32,34)(H,33,37). The van der Waals surface area contributed by atoms with E-state index in [1.165, 1.54) is 30.3 Å². The van der Waals surface area contributed by atoms with Crippen LogP contribution in [0.3, 0.4) is 0 Å². The molecular formula is C27H33ClF3N5O4. The summed E-state index contributed by atoms with van der Waals surface area (Å²) in [6, 6.07) is 2.41. The Morgan fingerprint density at radius 3 is 2.48 bits per heavy atom. The van der Waals surface area contributed by atoms with Crippen LogP contribution in [0, 0.1) is 11.7 Å². The quantitative estimate of drug-likeness (QED) is 0.365. The van der Waals surface area contributed by atoms with E-state index in [-0.39, 0.29) is 35.1 Å². The van der Waals surface area contributed by atoms with Crippen molar-refractivity contribution in [1.82, 2.24) is 15.3 Å². The number of benzene rings is 1. The third-order valence-corrected chi connectivity index (χ3v) is 6.55. The zero-order chi connectivity index (χ0) is 29.8. The van der Waals surface area contributed by atoms with Crippen molar-refractivity contribution < 1.29 is 32.2 Å². The number of ether oxygens (including phenoxy) is 2. The number of hydrogen-bond acceptors (Lipinski definition) is 6. The van der Waals surface area contributed by atoms with Gasteiger partial charge in [0.1, 0.15) is 22.7 Å². The molecule has 1 atom stereocenters. The van der Waals surface area contributed by atoms with Gasteiger partial charge in [-0.25, -0.2) is 27.7 Å². The zero-order valence-corrected chi connectivity index (χ0v) is 24.2. The van der Waals surface area contributed by atoms with Crippen molar-refractivity contribution in [2.45, 2.75) is 58.7 Å². The number of aromatic nitrogens is 2. The molecule has 218 valence electrons. The molecule has 13 heteroatoms. The lowest BCUT2D eigenvalue weighted by Crippen LogP contribution is -2.40. The second-order valence-electron chi connectivity index (χ2n) is 11.9. The summed E-state index contributed by atoms with van der Waals surface area (Å²) in [6.45, 7) is 9.02. The maximum absolute atomic E-state index is 15.1. The van der Waals surface area contributed by atoms with Gasteiger partial charge in [0, 0.05) is 25.5 Å². The molecule has 0 saturated carbocycles. The summed E-state index contributed by atoms with van der Waals surface area (Å²) in [7, 11) is 1.44. The maximum Gasteiger partial charge on any atom is 0.414 e. The highest BCUT2D eigenvalue weighted by atomic mass is 35.5. The minimum atomic E-state index is -3.17. The molecule has 4 rings (SSSR count). The number of rotatable bonds is 4. The van der Waals surface area contributed by atoms with Crippen LogP contribution in [0.4, 0.5) is 34.1 Å². The molecule has 0 aliphatic carbocycles. The largest absolute Gasteiger partial charge is 0.444 e. The van der Waals surface area contributed by atoms with Crippen molar-refractivity contribution in [2.24, 2.45) is 5.92 Å². The number of carbonyl (C=O) groups is 2. The number of hydrogen-bond donors (Lipinski definition) is 2. The number of carbonyl (C=O) groups excluding carboxylic acids is 2. The zero-order valence-electron chi connectivity index (χ0n) is 23.4. The second kappa shape index (κ2) is 10.2. The fraction of sp³-hybridized carbons (Fsp3) is 0.519. The Balaban J connectivity index is 1.72. The number of nitrogens with one attached hydrogen (secondary N) is 2. The Hall–Kier alpha value is -3.41. The number of amides is 2. The molecule has 1 saturated heterocycles. The Bertz CT molecular complexity index is 1460. The molecule has 0 radical (unpaired) electrons. The highest BCUT2D eigenvalue weighted by Gasteiger charge is 2.49. The predicted molar refractivity (Wildman–Crippen MR) is 148 cm³/mol. The Kier molecular flexibility index (Phi) is 7.55. The van der Waals surface area contributed by atoms with E-state index in [4.69, 9.17) is 21.1 Å². The summed E-state index contributed by atoms with van der Waals surface area (Å²) < 4.78 is 55.8. The molecule has 40 heavy (non-hydrogen) atoms. The van der Waals surface area contributed by atoms with Gasteiger partial charge in [0.05, 0.1) is 46.0 Å². The number of nitrogens with zero attached hydrogens (tertiary/aromatic N) is 3. The van der Waals surface area contributed by atoms with E-state index in [9.17, 15) is 14.0 Å². The van der Waals surface area contributed by atoms with Crippen LogP contribution < -0.4 is 15.1 Å². The molecule has 1 unspecified atom stereocenters. The summed E-state index contributed by atoms with van der Waals surface area (Å²) in [6.07, 6.45) is -0.171. The van der Waals surface area contributed by atoms with Gasteiger partial charge in [-0.3, -0.25) is 4.90 Å². The minimum absolute atomic E-state index is 0.0938. The SMILES string of the molecule is CN(C(=O)OC(C)(C)C)c1cc(F)cc2c1[nH]c1ncc(Cl)c(N3CC(CNC(=O)OC(C)(C)C)C(F)(F)C3)c12. The normalized spacial score (nSPS) is 17.4. The number of alkyl carbamates (subject to hydrolysis) is 1. The fourth-order valence-electron chi connectivity index (χ4n) is 4.62. The van der Waals surface area contributed by atoms with Gasteiger partial charge >= 0.3 is 12.2 Å². The number of halogens is 4. The first-order valence-electron chi connectivity index (χ1n) is 12.7. The highest BCUT2D eigenvalue weighted by molar-refractivity contribution is 6.36. The van der Waals surface area contributed by atoms with Crippen molar-refractivity contribution in [3.05, 3.63) is 29.2 Å². The predicted octanol–water partition coefficient (Wildman–Crippen LogP) is 6.48. The van der Waals surface area contributed by atoms with Gasteiger partial charge in [0.2, 0.25) is 0 Å². The molecule has 1 aliphatic rings. The van der Waals surface area contributed by atoms with Crippen LogP contribution in [0.5, 0.6) is 0 Å². The van der Waals surface area contributed by atoms with E-state index < -0.39 is 47.6 Å². The topological polar surface area (TPSA) is 99.8 Å². The number of H-pyrrole nitrogens is 1. The molecule has 9 nitrogen and oxygen atoms in total. The van der Waals surface area contributed by atoms with Crippen molar-refractivity contribution >= 4 is 57.1 Å².